The zero-order chi connectivity index (χ0) is 11.1. The van der Waals surface area contributed by atoms with E-state index in [-0.39, 0.29) is 5.97 Å². The number of terminal acetylenes is 1. The summed E-state index contributed by atoms with van der Waals surface area (Å²) in [6.45, 7) is 0.542. The van der Waals surface area contributed by atoms with Gasteiger partial charge < -0.3 is 10.1 Å². The second kappa shape index (κ2) is 5.71. The maximum atomic E-state index is 10.8. The van der Waals surface area contributed by atoms with Gasteiger partial charge in [-0.1, -0.05) is 12.0 Å². The minimum atomic E-state index is -0.226. The summed E-state index contributed by atoms with van der Waals surface area (Å²) < 4.78 is 4.52. The molecule has 78 valence electrons. The largest absolute Gasteiger partial charge is 0.469 e. The number of benzene rings is 1. The van der Waals surface area contributed by atoms with E-state index in [2.05, 4.69) is 16.0 Å². The predicted molar refractivity (Wildman–Crippen MR) is 59.5 cm³/mol. The van der Waals surface area contributed by atoms with Crippen molar-refractivity contribution >= 4 is 11.7 Å². The highest BCUT2D eigenvalue weighted by atomic mass is 16.5. The van der Waals surface area contributed by atoms with Gasteiger partial charge in [0.05, 0.1) is 13.5 Å². The Hall–Kier alpha value is -1.95. The number of anilines is 1. The van der Waals surface area contributed by atoms with Crippen LogP contribution in [0.5, 0.6) is 0 Å². The third-order valence-electron chi connectivity index (χ3n) is 1.92. The van der Waals surface area contributed by atoms with Crippen molar-refractivity contribution in [3.63, 3.8) is 0 Å². The molecule has 0 aliphatic carbocycles. The Kier molecular flexibility index (Phi) is 4.24. The van der Waals surface area contributed by atoms with Crippen LogP contribution in [0.25, 0.3) is 0 Å². The van der Waals surface area contributed by atoms with Crippen molar-refractivity contribution in [3.8, 4) is 12.3 Å². The lowest BCUT2D eigenvalue weighted by Crippen LogP contribution is -2.09. The molecule has 0 atom stereocenters. The topological polar surface area (TPSA) is 38.3 Å². The molecule has 0 bridgehead atoms. The lowest BCUT2D eigenvalue weighted by Gasteiger charge is -2.05. The van der Waals surface area contributed by atoms with Crippen LogP contribution >= 0.6 is 0 Å². The van der Waals surface area contributed by atoms with Gasteiger partial charge in [0, 0.05) is 17.8 Å². The average molecular weight is 203 g/mol. The zero-order valence-corrected chi connectivity index (χ0v) is 8.62. The highest BCUT2D eigenvalue weighted by molar-refractivity contribution is 5.69. The number of ether oxygens (including phenoxy) is 1. The number of carbonyl (C=O) groups excluding carboxylic acids is 1. The van der Waals surface area contributed by atoms with Crippen LogP contribution < -0.4 is 5.32 Å². The smallest absolute Gasteiger partial charge is 0.307 e. The number of methoxy groups -OCH3 is 1. The molecule has 0 unspecified atom stereocenters. The average Bonchev–Trinajstić information content (AvgIpc) is 2.29. The molecule has 0 saturated heterocycles. The number of hydrogen-bond acceptors (Lipinski definition) is 3. The molecule has 1 aromatic carbocycles. The molecule has 0 aliphatic rings. The summed E-state index contributed by atoms with van der Waals surface area (Å²) in [4.78, 5) is 10.8. The summed E-state index contributed by atoms with van der Waals surface area (Å²) in [7, 11) is 1.38. The summed E-state index contributed by atoms with van der Waals surface area (Å²) in [5, 5.41) is 3.09. The van der Waals surface area contributed by atoms with Crippen molar-refractivity contribution in [1.29, 1.82) is 0 Å². The number of carbonyl (C=O) groups is 1. The molecule has 1 rings (SSSR count). The van der Waals surface area contributed by atoms with Crippen molar-refractivity contribution < 1.29 is 9.53 Å². The van der Waals surface area contributed by atoms with E-state index in [0.29, 0.717) is 13.0 Å². The Bertz CT molecular complexity index is 379. The van der Waals surface area contributed by atoms with Gasteiger partial charge in [-0.05, 0) is 18.2 Å². The fourth-order valence-corrected chi connectivity index (χ4v) is 1.13. The molecular formula is C12H13NO2. The van der Waals surface area contributed by atoms with Gasteiger partial charge in [-0.2, -0.15) is 0 Å². The van der Waals surface area contributed by atoms with Crippen molar-refractivity contribution in [2.75, 3.05) is 19.0 Å². The van der Waals surface area contributed by atoms with Crippen LogP contribution in [0, 0.1) is 12.3 Å². The second-order valence-electron chi connectivity index (χ2n) is 2.98. The molecule has 0 amide bonds. The molecule has 0 heterocycles. The normalized spacial score (nSPS) is 9.07. The highest BCUT2D eigenvalue weighted by Gasteiger charge is 1.99. The molecule has 15 heavy (non-hydrogen) atoms. The summed E-state index contributed by atoms with van der Waals surface area (Å²) in [5.41, 5.74) is 1.73. The first kappa shape index (κ1) is 11.1. The molecule has 0 aliphatic heterocycles. The van der Waals surface area contributed by atoms with Gasteiger partial charge in [0.25, 0.3) is 0 Å². The first-order valence-corrected chi connectivity index (χ1v) is 4.63. The molecular weight excluding hydrogens is 190 g/mol. The van der Waals surface area contributed by atoms with Gasteiger partial charge in [0.1, 0.15) is 0 Å². The number of rotatable bonds is 4. The minimum Gasteiger partial charge on any atom is -0.469 e. The summed E-state index contributed by atoms with van der Waals surface area (Å²) in [5.74, 6) is 2.32. The van der Waals surface area contributed by atoms with Gasteiger partial charge in [0.15, 0.2) is 0 Å². The number of hydrogen-bond donors (Lipinski definition) is 1. The van der Waals surface area contributed by atoms with Crippen molar-refractivity contribution in [2.24, 2.45) is 0 Å². The molecule has 3 nitrogen and oxygen atoms in total. The van der Waals surface area contributed by atoms with Crippen LogP contribution in [0.3, 0.4) is 0 Å². The molecule has 0 radical (unpaired) electrons. The van der Waals surface area contributed by atoms with E-state index >= 15 is 0 Å². The van der Waals surface area contributed by atoms with Crippen LogP contribution in [-0.2, 0) is 9.53 Å². The fraction of sp³-hybridized carbons (Fsp3) is 0.250. The van der Waals surface area contributed by atoms with E-state index in [1.807, 2.05) is 24.3 Å². The van der Waals surface area contributed by atoms with Gasteiger partial charge >= 0.3 is 5.97 Å². The second-order valence-corrected chi connectivity index (χ2v) is 2.98. The SMILES string of the molecule is C#Cc1cccc(NCCC(=O)OC)c1. The molecule has 0 aromatic heterocycles. The standard InChI is InChI=1S/C12H13NO2/c1-3-10-5-4-6-11(9-10)13-8-7-12(14)15-2/h1,4-6,9,13H,7-8H2,2H3. The summed E-state index contributed by atoms with van der Waals surface area (Å²) >= 11 is 0. The van der Waals surface area contributed by atoms with Crippen molar-refractivity contribution in [1.82, 2.24) is 0 Å². The van der Waals surface area contributed by atoms with Crippen LogP contribution in [0.1, 0.15) is 12.0 Å². The first-order chi connectivity index (χ1) is 7.26. The van der Waals surface area contributed by atoms with E-state index in [0.717, 1.165) is 11.3 Å². The third-order valence-corrected chi connectivity index (χ3v) is 1.92. The Balaban J connectivity index is 2.44. The minimum absolute atomic E-state index is 0.226. The quantitative estimate of drug-likeness (QED) is 0.597. The Morgan fingerprint density at radius 3 is 3.07 bits per heavy atom. The number of esters is 1. The molecule has 0 spiro atoms. The van der Waals surface area contributed by atoms with Gasteiger partial charge in [-0.15, -0.1) is 6.42 Å². The van der Waals surface area contributed by atoms with E-state index in [9.17, 15) is 4.79 Å². The molecule has 1 aromatic rings. The van der Waals surface area contributed by atoms with Crippen LogP contribution in [0.2, 0.25) is 0 Å². The molecule has 0 saturated carbocycles. The Morgan fingerprint density at radius 1 is 1.60 bits per heavy atom. The maximum absolute atomic E-state index is 10.8. The lowest BCUT2D eigenvalue weighted by atomic mass is 10.2. The molecule has 1 N–H and O–H groups in total. The van der Waals surface area contributed by atoms with Crippen molar-refractivity contribution in [3.05, 3.63) is 29.8 Å². The van der Waals surface area contributed by atoms with Gasteiger partial charge in [-0.3, -0.25) is 4.79 Å². The van der Waals surface area contributed by atoms with E-state index in [4.69, 9.17) is 6.42 Å². The Morgan fingerprint density at radius 2 is 2.40 bits per heavy atom. The lowest BCUT2D eigenvalue weighted by molar-refractivity contribution is -0.140. The maximum Gasteiger partial charge on any atom is 0.307 e. The van der Waals surface area contributed by atoms with E-state index < -0.39 is 0 Å². The van der Waals surface area contributed by atoms with Crippen LogP contribution in [0.4, 0.5) is 5.69 Å². The Labute approximate surface area is 89.4 Å². The van der Waals surface area contributed by atoms with Gasteiger partial charge in [-0.25, -0.2) is 0 Å². The summed E-state index contributed by atoms with van der Waals surface area (Å²) in [6.07, 6.45) is 5.61. The van der Waals surface area contributed by atoms with Crippen molar-refractivity contribution in [2.45, 2.75) is 6.42 Å². The van der Waals surface area contributed by atoms with Gasteiger partial charge in [0.2, 0.25) is 0 Å². The number of nitrogens with one attached hydrogen (secondary N) is 1. The van der Waals surface area contributed by atoms with Crippen LogP contribution in [-0.4, -0.2) is 19.6 Å². The summed E-state index contributed by atoms with van der Waals surface area (Å²) in [6, 6.07) is 7.48. The molecule has 0 fully saturated rings. The zero-order valence-electron chi connectivity index (χ0n) is 8.62. The predicted octanol–water partition coefficient (Wildman–Crippen LogP) is 1.64. The highest BCUT2D eigenvalue weighted by Crippen LogP contribution is 2.09. The van der Waals surface area contributed by atoms with Crippen LogP contribution in [0.15, 0.2) is 24.3 Å². The van der Waals surface area contributed by atoms with E-state index in [1.54, 1.807) is 0 Å². The molecule has 3 heteroatoms. The fourth-order valence-electron chi connectivity index (χ4n) is 1.13. The third kappa shape index (κ3) is 3.74. The monoisotopic (exact) mass is 203 g/mol. The van der Waals surface area contributed by atoms with E-state index in [1.165, 1.54) is 7.11 Å². The first-order valence-electron chi connectivity index (χ1n) is 4.63.